The van der Waals surface area contributed by atoms with Crippen molar-refractivity contribution in [2.45, 2.75) is 19.4 Å². The fourth-order valence-corrected chi connectivity index (χ4v) is 3.57. The van der Waals surface area contributed by atoms with Crippen LogP contribution in [-0.2, 0) is 11.2 Å². The number of carbonyl (C=O) groups excluding carboxylic acids is 1. The van der Waals surface area contributed by atoms with E-state index in [0.717, 1.165) is 4.88 Å². The van der Waals surface area contributed by atoms with Crippen LogP contribution in [0.1, 0.15) is 23.1 Å². The number of thiophene rings is 1. The van der Waals surface area contributed by atoms with E-state index in [2.05, 4.69) is 16.4 Å². The fourth-order valence-electron chi connectivity index (χ4n) is 2.92. The van der Waals surface area contributed by atoms with Crippen molar-refractivity contribution >= 4 is 17.2 Å². The SMILES string of the molecule is COc1cc(C(C#N)NC(=O)Cc2nc(-c3cccs3)oc2C)cc(OC)c1OC. The summed E-state index contributed by atoms with van der Waals surface area (Å²) in [5.74, 6) is 1.89. The van der Waals surface area contributed by atoms with Gasteiger partial charge in [-0.15, -0.1) is 11.3 Å². The normalized spacial score (nSPS) is 11.4. The van der Waals surface area contributed by atoms with E-state index in [1.54, 1.807) is 19.1 Å². The second-order valence-corrected chi connectivity index (χ2v) is 7.21. The zero-order valence-electron chi connectivity index (χ0n) is 17.0. The monoisotopic (exact) mass is 427 g/mol. The van der Waals surface area contributed by atoms with Crippen molar-refractivity contribution in [2.75, 3.05) is 21.3 Å². The minimum atomic E-state index is -0.907. The van der Waals surface area contributed by atoms with E-state index in [9.17, 15) is 10.1 Å². The number of aryl methyl sites for hydroxylation is 1. The van der Waals surface area contributed by atoms with E-state index in [4.69, 9.17) is 18.6 Å². The number of amides is 1. The summed E-state index contributed by atoms with van der Waals surface area (Å²) in [6.45, 7) is 1.76. The maximum atomic E-state index is 12.6. The van der Waals surface area contributed by atoms with Gasteiger partial charge in [0.25, 0.3) is 0 Å². The van der Waals surface area contributed by atoms with Gasteiger partial charge in [0.1, 0.15) is 11.8 Å². The van der Waals surface area contributed by atoms with Crippen LogP contribution < -0.4 is 19.5 Å². The summed E-state index contributed by atoms with van der Waals surface area (Å²) in [5.41, 5.74) is 1.04. The number of ether oxygens (including phenoxy) is 3. The number of rotatable bonds is 8. The lowest BCUT2D eigenvalue weighted by molar-refractivity contribution is -0.120. The van der Waals surface area contributed by atoms with Gasteiger partial charge < -0.3 is 23.9 Å². The van der Waals surface area contributed by atoms with E-state index < -0.39 is 6.04 Å². The molecular formula is C21H21N3O5S. The fraction of sp³-hybridized carbons (Fsp3) is 0.286. The molecule has 30 heavy (non-hydrogen) atoms. The average molecular weight is 427 g/mol. The predicted molar refractivity (Wildman–Crippen MR) is 111 cm³/mol. The van der Waals surface area contributed by atoms with Crippen LogP contribution in [0.3, 0.4) is 0 Å². The summed E-state index contributed by atoms with van der Waals surface area (Å²) < 4.78 is 21.6. The molecule has 1 unspecified atom stereocenters. The molecule has 0 fully saturated rings. The third-order valence-electron chi connectivity index (χ3n) is 4.41. The molecule has 0 aliphatic rings. The first-order valence-electron chi connectivity index (χ1n) is 8.99. The first-order chi connectivity index (χ1) is 14.5. The number of nitrogens with zero attached hydrogens (tertiary/aromatic N) is 2. The number of benzene rings is 1. The Morgan fingerprint density at radius 2 is 1.97 bits per heavy atom. The highest BCUT2D eigenvalue weighted by Gasteiger charge is 2.22. The first kappa shape index (κ1) is 21.2. The summed E-state index contributed by atoms with van der Waals surface area (Å²) in [5, 5.41) is 14.3. The van der Waals surface area contributed by atoms with Crippen LogP contribution in [0.25, 0.3) is 10.8 Å². The Morgan fingerprint density at radius 1 is 1.27 bits per heavy atom. The number of nitrogens with one attached hydrogen (secondary N) is 1. The number of nitriles is 1. The minimum Gasteiger partial charge on any atom is -0.493 e. The van der Waals surface area contributed by atoms with Gasteiger partial charge in [-0.25, -0.2) is 4.98 Å². The number of methoxy groups -OCH3 is 3. The third-order valence-corrected chi connectivity index (χ3v) is 5.27. The molecule has 3 rings (SSSR count). The van der Waals surface area contributed by atoms with Crippen LogP contribution >= 0.6 is 11.3 Å². The van der Waals surface area contributed by atoms with Crippen LogP contribution in [-0.4, -0.2) is 32.2 Å². The van der Waals surface area contributed by atoms with Gasteiger partial charge in [-0.05, 0) is 36.1 Å². The van der Waals surface area contributed by atoms with Crippen LogP contribution in [0.4, 0.5) is 0 Å². The number of hydrogen-bond donors (Lipinski definition) is 1. The Bertz CT molecular complexity index is 1040. The lowest BCUT2D eigenvalue weighted by Crippen LogP contribution is -2.29. The lowest BCUT2D eigenvalue weighted by Gasteiger charge is -2.17. The maximum Gasteiger partial charge on any atom is 0.236 e. The largest absolute Gasteiger partial charge is 0.493 e. The number of hydrogen-bond acceptors (Lipinski definition) is 8. The van der Waals surface area contributed by atoms with Crippen molar-refractivity contribution in [2.24, 2.45) is 0 Å². The zero-order chi connectivity index (χ0) is 21.7. The molecule has 1 atom stereocenters. The number of oxazole rings is 1. The van der Waals surface area contributed by atoms with Crippen molar-refractivity contribution in [3.05, 3.63) is 46.7 Å². The van der Waals surface area contributed by atoms with Crippen LogP contribution in [0.2, 0.25) is 0 Å². The summed E-state index contributed by atoms with van der Waals surface area (Å²) in [6, 6.07) is 8.25. The molecule has 0 radical (unpaired) electrons. The predicted octanol–water partition coefficient (Wildman–Crippen LogP) is 3.66. The van der Waals surface area contributed by atoms with Gasteiger partial charge >= 0.3 is 0 Å². The highest BCUT2D eigenvalue weighted by Crippen LogP contribution is 2.39. The van der Waals surface area contributed by atoms with Gasteiger partial charge in [0.05, 0.1) is 44.4 Å². The second-order valence-electron chi connectivity index (χ2n) is 6.26. The Balaban J connectivity index is 1.78. The summed E-state index contributed by atoms with van der Waals surface area (Å²) in [7, 11) is 4.47. The van der Waals surface area contributed by atoms with E-state index in [1.165, 1.54) is 32.7 Å². The van der Waals surface area contributed by atoms with Gasteiger partial charge in [0.15, 0.2) is 11.5 Å². The molecule has 1 aromatic carbocycles. The average Bonchev–Trinajstić information content (AvgIpc) is 3.41. The molecule has 0 spiro atoms. The Kier molecular flexibility index (Phi) is 6.59. The molecule has 0 aliphatic heterocycles. The molecule has 0 saturated heterocycles. The zero-order valence-corrected chi connectivity index (χ0v) is 17.8. The smallest absolute Gasteiger partial charge is 0.236 e. The first-order valence-corrected chi connectivity index (χ1v) is 9.87. The van der Waals surface area contributed by atoms with Gasteiger partial charge in [-0.1, -0.05) is 6.07 Å². The molecule has 9 heteroatoms. The van der Waals surface area contributed by atoms with E-state index in [1.807, 2.05) is 17.5 Å². The standard InChI is InChI=1S/C21H21N3O5S/c1-12-14(24-21(29-12)18-6-5-7-30-18)10-19(25)23-15(11-22)13-8-16(26-2)20(28-4)17(9-13)27-3/h5-9,15H,10H2,1-4H3,(H,23,25). The summed E-state index contributed by atoms with van der Waals surface area (Å²) in [6.07, 6.45) is -0.0106. The lowest BCUT2D eigenvalue weighted by atomic mass is 10.1. The number of carbonyl (C=O) groups is 1. The quantitative estimate of drug-likeness (QED) is 0.585. The van der Waals surface area contributed by atoms with Crippen molar-refractivity contribution in [1.82, 2.24) is 10.3 Å². The molecule has 8 nitrogen and oxygen atoms in total. The molecule has 3 aromatic rings. The third kappa shape index (κ3) is 4.39. The van der Waals surface area contributed by atoms with E-state index >= 15 is 0 Å². The topological polar surface area (TPSA) is 107 Å². The van der Waals surface area contributed by atoms with Gasteiger partial charge in [-0.3, -0.25) is 4.79 Å². The molecule has 0 bridgehead atoms. The molecule has 156 valence electrons. The highest BCUT2D eigenvalue weighted by atomic mass is 32.1. The molecule has 1 amide bonds. The van der Waals surface area contributed by atoms with Gasteiger partial charge in [0.2, 0.25) is 17.5 Å². The molecule has 0 saturated carbocycles. The Labute approximate surface area is 178 Å². The summed E-state index contributed by atoms with van der Waals surface area (Å²) >= 11 is 1.50. The molecule has 1 N–H and O–H groups in total. The highest BCUT2D eigenvalue weighted by molar-refractivity contribution is 7.13. The van der Waals surface area contributed by atoms with Crippen LogP contribution in [0.5, 0.6) is 17.2 Å². The maximum absolute atomic E-state index is 12.6. The van der Waals surface area contributed by atoms with Crippen molar-refractivity contribution in [3.63, 3.8) is 0 Å². The van der Waals surface area contributed by atoms with Crippen LogP contribution in [0.15, 0.2) is 34.1 Å². The molecule has 2 aromatic heterocycles. The van der Waals surface area contributed by atoms with E-state index in [0.29, 0.717) is 40.2 Å². The van der Waals surface area contributed by atoms with Crippen molar-refractivity contribution in [3.8, 4) is 34.1 Å². The van der Waals surface area contributed by atoms with Crippen LogP contribution in [0, 0.1) is 18.3 Å². The number of aromatic nitrogens is 1. The summed E-state index contributed by atoms with van der Waals surface area (Å²) in [4.78, 5) is 17.9. The van der Waals surface area contributed by atoms with Crippen molar-refractivity contribution in [1.29, 1.82) is 5.26 Å². The van der Waals surface area contributed by atoms with E-state index in [-0.39, 0.29) is 12.3 Å². The molecule has 0 aliphatic carbocycles. The molecule has 2 heterocycles. The van der Waals surface area contributed by atoms with Gasteiger partial charge in [0, 0.05) is 0 Å². The molecular weight excluding hydrogens is 406 g/mol. The van der Waals surface area contributed by atoms with Gasteiger partial charge in [-0.2, -0.15) is 5.26 Å². The Morgan fingerprint density at radius 3 is 2.50 bits per heavy atom. The van der Waals surface area contributed by atoms with Crippen molar-refractivity contribution < 1.29 is 23.4 Å². The second kappa shape index (κ2) is 9.33. The Hall–Kier alpha value is -3.51. The minimum absolute atomic E-state index is 0.0106.